The molecule has 2 N–H and O–H groups in total. The van der Waals surface area contributed by atoms with Gasteiger partial charge in [0.25, 0.3) is 5.91 Å². The Balaban J connectivity index is 1.17. The lowest BCUT2D eigenvalue weighted by Gasteiger charge is -2.36. The highest BCUT2D eigenvalue weighted by molar-refractivity contribution is 7.13. The second-order valence-electron chi connectivity index (χ2n) is 10.2. The SMILES string of the molecule is O=CNc1nc(CC(=O)N2CCN(c3ccc(NC(=O)C4=C(c5ccc(C(F)(F)F)cc5)CCCC4)cc3)CC2)cs1. The highest BCUT2D eigenvalue weighted by Gasteiger charge is 2.30. The van der Waals surface area contributed by atoms with Gasteiger partial charge in [0.1, 0.15) is 0 Å². The maximum Gasteiger partial charge on any atom is 0.416 e. The van der Waals surface area contributed by atoms with Gasteiger partial charge in [0, 0.05) is 48.5 Å². The fourth-order valence-electron chi connectivity index (χ4n) is 5.28. The smallest absolute Gasteiger partial charge is 0.368 e. The van der Waals surface area contributed by atoms with Crippen LogP contribution in [-0.2, 0) is 27.0 Å². The number of hydrogen-bond acceptors (Lipinski definition) is 6. The van der Waals surface area contributed by atoms with Gasteiger partial charge >= 0.3 is 6.18 Å². The van der Waals surface area contributed by atoms with Gasteiger partial charge in [-0.15, -0.1) is 11.3 Å². The fourth-order valence-corrected chi connectivity index (χ4v) is 5.95. The van der Waals surface area contributed by atoms with Crippen molar-refractivity contribution in [2.24, 2.45) is 0 Å². The number of halogens is 3. The Kier molecular flexibility index (Phi) is 8.91. The number of piperazine rings is 1. The molecule has 5 rings (SSSR count). The fraction of sp³-hybridized carbons (Fsp3) is 0.333. The molecule has 1 saturated heterocycles. The van der Waals surface area contributed by atoms with E-state index in [9.17, 15) is 27.6 Å². The first kappa shape index (κ1) is 29.3. The highest BCUT2D eigenvalue weighted by atomic mass is 32.1. The average molecular weight is 598 g/mol. The Labute approximate surface area is 245 Å². The van der Waals surface area contributed by atoms with Crippen molar-refractivity contribution < 1.29 is 27.6 Å². The molecule has 1 aliphatic heterocycles. The summed E-state index contributed by atoms with van der Waals surface area (Å²) in [4.78, 5) is 44.7. The number of aromatic nitrogens is 1. The summed E-state index contributed by atoms with van der Waals surface area (Å²) in [7, 11) is 0. The number of carbonyl (C=O) groups excluding carboxylic acids is 3. The van der Waals surface area contributed by atoms with Crippen LogP contribution in [0.2, 0.25) is 0 Å². The Morgan fingerprint density at radius 1 is 0.952 bits per heavy atom. The van der Waals surface area contributed by atoms with Crippen LogP contribution in [0.5, 0.6) is 0 Å². The van der Waals surface area contributed by atoms with Crippen molar-refractivity contribution in [1.82, 2.24) is 9.88 Å². The zero-order chi connectivity index (χ0) is 29.7. The van der Waals surface area contributed by atoms with E-state index in [0.717, 1.165) is 36.2 Å². The summed E-state index contributed by atoms with van der Waals surface area (Å²) >= 11 is 1.28. The zero-order valence-corrected chi connectivity index (χ0v) is 23.6. The quantitative estimate of drug-likeness (QED) is 0.331. The molecular weight excluding hydrogens is 567 g/mol. The van der Waals surface area contributed by atoms with E-state index in [4.69, 9.17) is 0 Å². The molecule has 0 bridgehead atoms. The Morgan fingerprint density at radius 3 is 2.31 bits per heavy atom. The summed E-state index contributed by atoms with van der Waals surface area (Å²) in [6.07, 6.45) is -0.718. The second-order valence-corrected chi connectivity index (χ2v) is 11.0. The number of hydrogen-bond donors (Lipinski definition) is 2. The van der Waals surface area contributed by atoms with Crippen LogP contribution in [0.15, 0.2) is 59.5 Å². The number of thiazole rings is 1. The van der Waals surface area contributed by atoms with E-state index in [1.807, 2.05) is 29.2 Å². The van der Waals surface area contributed by atoms with Crippen LogP contribution in [0.4, 0.5) is 29.7 Å². The minimum absolute atomic E-state index is 0.0108. The maximum atomic E-state index is 13.2. The number of rotatable bonds is 8. The topological polar surface area (TPSA) is 94.6 Å². The number of allylic oxidation sites excluding steroid dienone is 1. The molecule has 0 atom stereocenters. The van der Waals surface area contributed by atoms with Gasteiger partial charge in [-0.25, -0.2) is 4.98 Å². The molecule has 0 radical (unpaired) electrons. The molecule has 2 aliphatic rings. The first-order valence-electron chi connectivity index (χ1n) is 13.7. The summed E-state index contributed by atoms with van der Waals surface area (Å²) in [6, 6.07) is 12.5. The molecule has 2 aromatic carbocycles. The largest absolute Gasteiger partial charge is 0.416 e. The number of anilines is 3. The first-order chi connectivity index (χ1) is 20.2. The minimum Gasteiger partial charge on any atom is -0.368 e. The molecule has 1 aromatic heterocycles. The molecule has 3 amide bonds. The Bertz CT molecular complexity index is 1460. The van der Waals surface area contributed by atoms with Gasteiger partial charge in [-0.05, 0) is 73.2 Å². The summed E-state index contributed by atoms with van der Waals surface area (Å²) < 4.78 is 39.0. The molecule has 1 fully saturated rings. The minimum atomic E-state index is -4.40. The van der Waals surface area contributed by atoms with Crippen molar-refractivity contribution in [2.45, 2.75) is 38.3 Å². The van der Waals surface area contributed by atoms with Crippen molar-refractivity contribution >= 4 is 51.6 Å². The molecule has 1 aliphatic carbocycles. The van der Waals surface area contributed by atoms with E-state index in [-0.39, 0.29) is 18.2 Å². The van der Waals surface area contributed by atoms with Gasteiger partial charge in [0.2, 0.25) is 12.3 Å². The molecule has 12 heteroatoms. The lowest BCUT2D eigenvalue weighted by molar-refractivity contribution is -0.137. The third-order valence-electron chi connectivity index (χ3n) is 7.49. The molecule has 0 spiro atoms. The van der Waals surface area contributed by atoms with Crippen LogP contribution in [-0.4, -0.2) is 54.3 Å². The molecule has 42 heavy (non-hydrogen) atoms. The number of amides is 3. The van der Waals surface area contributed by atoms with E-state index >= 15 is 0 Å². The van der Waals surface area contributed by atoms with Crippen LogP contribution < -0.4 is 15.5 Å². The predicted molar refractivity (Wildman–Crippen MR) is 156 cm³/mol. The summed E-state index contributed by atoms with van der Waals surface area (Å²) in [5.41, 5.74) is 3.59. The van der Waals surface area contributed by atoms with E-state index < -0.39 is 11.7 Å². The van der Waals surface area contributed by atoms with Crippen molar-refractivity contribution in [3.05, 3.63) is 76.3 Å². The molecule has 0 saturated carbocycles. The average Bonchev–Trinajstić information content (AvgIpc) is 3.44. The van der Waals surface area contributed by atoms with Crippen molar-refractivity contribution in [3.8, 4) is 0 Å². The van der Waals surface area contributed by atoms with Crippen molar-refractivity contribution in [2.75, 3.05) is 41.7 Å². The summed E-state index contributed by atoms with van der Waals surface area (Å²) in [6.45, 7) is 2.47. The normalized spacial score (nSPS) is 15.9. The molecule has 8 nitrogen and oxygen atoms in total. The Hall–Kier alpha value is -4.19. The van der Waals surface area contributed by atoms with E-state index in [2.05, 4.69) is 20.5 Å². The number of alkyl halides is 3. The maximum absolute atomic E-state index is 13.2. The van der Waals surface area contributed by atoms with Crippen molar-refractivity contribution in [1.29, 1.82) is 0 Å². The molecular formula is C30H30F3N5O3S. The van der Waals surface area contributed by atoms with Gasteiger partial charge in [-0.2, -0.15) is 13.2 Å². The molecule has 3 aromatic rings. The third kappa shape index (κ3) is 6.99. The third-order valence-corrected chi connectivity index (χ3v) is 8.31. The lowest BCUT2D eigenvalue weighted by atomic mass is 9.86. The highest BCUT2D eigenvalue weighted by Crippen LogP contribution is 2.35. The lowest BCUT2D eigenvalue weighted by Crippen LogP contribution is -2.49. The summed E-state index contributed by atoms with van der Waals surface area (Å²) in [5, 5.41) is 7.67. The Morgan fingerprint density at radius 2 is 1.64 bits per heavy atom. The van der Waals surface area contributed by atoms with Gasteiger partial charge in [0.15, 0.2) is 5.13 Å². The number of nitrogens with zero attached hydrogens (tertiary/aromatic N) is 3. The van der Waals surface area contributed by atoms with Gasteiger partial charge in [-0.3, -0.25) is 14.4 Å². The van der Waals surface area contributed by atoms with E-state index in [0.29, 0.717) is 73.1 Å². The van der Waals surface area contributed by atoms with Gasteiger partial charge in [-0.1, -0.05) is 12.1 Å². The number of benzene rings is 2. The van der Waals surface area contributed by atoms with Gasteiger partial charge in [0.05, 0.1) is 17.7 Å². The number of carbonyl (C=O) groups is 3. The van der Waals surface area contributed by atoms with Gasteiger partial charge < -0.3 is 20.4 Å². The van der Waals surface area contributed by atoms with E-state index in [1.165, 1.54) is 23.5 Å². The summed E-state index contributed by atoms with van der Waals surface area (Å²) in [5.74, 6) is -0.248. The standard InChI is InChI=1S/C30H30F3N5O3S/c31-30(32,33)21-7-5-20(6-8-21)25-3-1-2-4-26(25)28(41)35-22-9-11-24(12-10-22)37-13-15-38(16-14-37)27(40)17-23-18-42-29(36-23)34-19-39/h5-12,18-19H,1-4,13-17H2,(H,35,41)(H,34,36,39). The first-order valence-corrected chi connectivity index (χ1v) is 14.6. The second kappa shape index (κ2) is 12.8. The molecule has 0 unspecified atom stereocenters. The van der Waals surface area contributed by atoms with Crippen molar-refractivity contribution in [3.63, 3.8) is 0 Å². The van der Waals surface area contributed by atoms with Crippen LogP contribution in [0.3, 0.4) is 0 Å². The van der Waals surface area contributed by atoms with E-state index in [1.54, 1.807) is 5.38 Å². The molecule has 2 heterocycles. The molecule has 220 valence electrons. The predicted octanol–water partition coefficient (Wildman–Crippen LogP) is 5.59. The van der Waals surface area contributed by atoms with Crippen LogP contribution in [0.1, 0.15) is 42.5 Å². The number of nitrogens with one attached hydrogen (secondary N) is 2. The van der Waals surface area contributed by atoms with Crippen LogP contribution in [0, 0.1) is 0 Å². The van der Waals surface area contributed by atoms with Crippen LogP contribution in [0.25, 0.3) is 5.57 Å². The van der Waals surface area contributed by atoms with Crippen LogP contribution >= 0.6 is 11.3 Å². The monoisotopic (exact) mass is 597 g/mol. The zero-order valence-electron chi connectivity index (χ0n) is 22.7.